The number of benzene rings is 1. The lowest BCUT2D eigenvalue weighted by Gasteiger charge is -2.43. The van der Waals surface area contributed by atoms with Crippen molar-refractivity contribution in [2.45, 2.75) is 18.5 Å². The summed E-state index contributed by atoms with van der Waals surface area (Å²) in [5, 5.41) is 0. The van der Waals surface area contributed by atoms with Crippen molar-refractivity contribution < 1.29 is 9.47 Å². The quantitative estimate of drug-likeness (QED) is 0.898. The van der Waals surface area contributed by atoms with Gasteiger partial charge in [-0.3, -0.25) is 4.90 Å². The van der Waals surface area contributed by atoms with E-state index in [4.69, 9.17) is 15.2 Å². The van der Waals surface area contributed by atoms with Crippen LogP contribution in [0, 0.1) is 0 Å². The summed E-state index contributed by atoms with van der Waals surface area (Å²) in [5.41, 5.74) is 7.48. The van der Waals surface area contributed by atoms with Gasteiger partial charge in [-0.25, -0.2) is 0 Å². The molecule has 21 heavy (non-hydrogen) atoms. The Hall–Kier alpha value is -1.30. The Morgan fingerprint density at radius 2 is 2.05 bits per heavy atom. The highest BCUT2D eigenvalue weighted by atomic mass is 16.5. The molecule has 0 bridgehead atoms. The van der Waals surface area contributed by atoms with Crippen LogP contribution in [0.3, 0.4) is 0 Å². The molecule has 0 aliphatic carbocycles. The molecule has 2 aliphatic heterocycles. The maximum absolute atomic E-state index is 6.24. The molecule has 116 valence electrons. The van der Waals surface area contributed by atoms with Crippen LogP contribution in [0.2, 0.25) is 0 Å². The highest BCUT2D eigenvalue weighted by Gasteiger charge is 2.30. The van der Waals surface area contributed by atoms with Gasteiger partial charge in [-0.15, -0.1) is 0 Å². The van der Waals surface area contributed by atoms with Gasteiger partial charge in [0.05, 0.1) is 13.7 Å². The Morgan fingerprint density at radius 3 is 2.76 bits per heavy atom. The molecule has 2 atom stereocenters. The third-order valence-electron chi connectivity index (χ3n) is 4.58. The van der Waals surface area contributed by atoms with Crippen molar-refractivity contribution in [3.8, 4) is 5.75 Å². The van der Waals surface area contributed by atoms with Gasteiger partial charge in [-0.1, -0.05) is 6.07 Å². The molecule has 0 radical (unpaired) electrons. The molecule has 5 heteroatoms. The summed E-state index contributed by atoms with van der Waals surface area (Å²) >= 11 is 0. The van der Waals surface area contributed by atoms with Gasteiger partial charge in [0, 0.05) is 56.6 Å². The Bertz CT molecular complexity index is 461. The first-order valence-electron chi connectivity index (χ1n) is 7.74. The zero-order valence-electron chi connectivity index (χ0n) is 12.7. The molecule has 1 aromatic rings. The van der Waals surface area contributed by atoms with E-state index in [0.29, 0.717) is 6.04 Å². The van der Waals surface area contributed by atoms with Crippen LogP contribution < -0.4 is 15.4 Å². The van der Waals surface area contributed by atoms with E-state index in [1.807, 2.05) is 12.1 Å². The monoisotopic (exact) mass is 291 g/mol. The Balaban J connectivity index is 1.59. The second kappa shape index (κ2) is 6.64. The van der Waals surface area contributed by atoms with Crippen molar-refractivity contribution in [3.05, 3.63) is 24.3 Å². The van der Waals surface area contributed by atoms with Gasteiger partial charge in [0.2, 0.25) is 0 Å². The lowest BCUT2D eigenvalue weighted by Crippen LogP contribution is -2.59. The molecule has 2 aliphatic rings. The van der Waals surface area contributed by atoms with E-state index in [9.17, 15) is 0 Å². The number of nitrogens with two attached hydrogens (primary N) is 1. The molecule has 3 rings (SSSR count). The van der Waals surface area contributed by atoms with Crippen molar-refractivity contribution in [1.82, 2.24) is 4.90 Å². The standard InChI is InChI=1S/C16H25N3O2/c1-20-14-4-2-3-13(11-14)18-6-8-19(9-7-18)16-12-21-10-5-15(16)17/h2-4,11,15-16H,5-10,12,17H2,1H3. The average molecular weight is 291 g/mol. The first-order valence-corrected chi connectivity index (χ1v) is 7.74. The largest absolute Gasteiger partial charge is 0.497 e. The van der Waals surface area contributed by atoms with E-state index in [-0.39, 0.29) is 6.04 Å². The topological polar surface area (TPSA) is 51.0 Å². The highest BCUT2D eigenvalue weighted by molar-refractivity contribution is 5.51. The van der Waals surface area contributed by atoms with Crippen molar-refractivity contribution in [2.75, 3.05) is 51.4 Å². The average Bonchev–Trinajstić information content (AvgIpc) is 2.56. The minimum absolute atomic E-state index is 0.252. The molecule has 2 N–H and O–H groups in total. The van der Waals surface area contributed by atoms with E-state index < -0.39 is 0 Å². The Morgan fingerprint density at radius 1 is 1.24 bits per heavy atom. The number of hydrogen-bond acceptors (Lipinski definition) is 5. The van der Waals surface area contributed by atoms with E-state index in [1.54, 1.807) is 7.11 Å². The normalized spacial score (nSPS) is 27.6. The zero-order chi connectivity index (χ0) is 14.7. The summed E-state index contributed by atoms with van der Waals surface area (Å²) in [5.74, 6) is 0.914. The fraction of sp³-hybridized carbons (Fsp3) is 0.625. The Kier molecular flexibility index (Phi) is 4.63. The van der Waals surface area contributed by atoms with Gasteiger partial charge in [-0.2, -0.15) is 0 Å². The number of ether oxygens (including phenoxy) is 2. The summed E-state index contributed by atoms with van der Waals surface area (Å²) in [7, 11) is 1.71. The molecule has 2 saturated heterocycles. The number of methoxy groups -OCH3 is 1. The number of hydrogen-bond donors (Lipinski definition) is 1. The van der Waals surface area contributed by atoms with Gasteiger partial charge in [-0.05, 0) is 18.6 Å². The zero-order valence-corrected chi connectivity index (χ0v) is 12.7. The molecule has 0 aromatic heterocycles. The maximum atomic E-state index is 6.24. The molecule has 0 spiro atoms. The molecule has 2 fully saturated rings. The van der Waals surface area contributed by atoms with Crippen LogP contribution in [0.15, 0.2) is 24.3 Å². The molecule has 1 aromatic carbocycles. The van der Waals surface area contributed by atoms with Crippen LogP contribution in [0.25, 0.3) is 0 Å². The SMILES string of the molecule is COc1cccc(N2CCN(C3COCCC3N)CC2)c1. The maximum Gasteiger partial charge on any atom is 0.120 e. The second-order valence-corrected chi connectivity index (χ2v) is 5.82. The van der Waals surface area contributed by atoms with Crippen molar-refractivity contribution in [1.29, 1.82) is 0 Å². The van der Waals surface area contributed by atoms with Crippen LogP contribution in [-0.2, 0) is 4.74 Å². The van der Waals surface area contributed by atoms with E-state index in [0.717, 1.165) is 51.6 Å². The fourth-order valence-electron chi connectivity index (χ4n) is 3.23. The van der Waals surface area contributed by atoms with Gasteiger partial charge < -0.3 is 20.1 Å². The van der Waals surface area contributed by atoms with Gasteiger partial charge in [0.1, 0.15) is 5.75 Å². The molecule has 0 saturated carbocycles. The highest BCUT2D eigenvalue weighted by Crippen LogP contribution is 2.23. The minimum Gasteiger partial charge on any atom is -0.497 e. The summed E-state index contributed by atoms with van der Waals surface area (Å²) in [6.45, 7) is 5.71. The first kappa shape index (κ1) is 14.6. The second-order valence-electron chi connectivity index (χ2n) is 5.82. The van der Waals surface area contributed by atoms with Gasteiger partial charge in [0.25, 0.3) is 0 Å². The summed E-state index contributed by atoms with van der Waals surface area (Å²) in [6, 6.07) is 8.91. The third-order valence-corrected chi connectivity index (χ3v) is 4.58. The summed E-state index contributed by atoms with van der Waals surface area (Å²) < 4.78 is 10.9. The molecule has 0 amide bonds. The minimum atomic E-state index is 0.252. The van der Waals surface area contributed by atoms with Crippen molar-refractivity contribution >= 4 is 5.69 Å². The number of piperazine rings is 1. The molecule has 2 heterocycles. The first-order chi connectivity index (χ1) is 10.3. The Labute approximate surface area is 126 Å². The molecular weight excluding hydrogens is 266 g/mol. The lowest BCUT2D eigenvalue weighted by atomic mass is 10.0. The predicted molar refractivity (Wildman–Crippen MR) is 84.0 cm³/mol. The molecule has 2 unspecified atom stereocenters. The van der Waals surface area contributed by atoms with E-state index in [1.165, 1.54) is 5.69 Å². The summed E-state index contributed by atoms with van der Waals surface area (Å²) in [6.07, 6.45) is 0.973. The van der Waals surface area contributed by atoms with E-state index >= 15 is 0 Å². The molecule has 5 nitrogen and oxygen atoms in total. The van der Waals surface area contributed by atoms with Crippen molar-refractivity contribution in [3.63, 3.8) is 0 Å². The van der Waals surface area contributed by atoms with Crippen LogP contribution in [0.5, 0.6) is 5.75 Å². The fourth-order valence-corrected chi connectivity index (χ4v) is 3.23. The van der Waals surface area contributed by atoms with E-state index in [2.05, 4.69) is 21.9 Å². The number of anilines is 1. The van der Waals surface area contributed by atoms with Gasteiger partial charge in [0.15, 0.2) is 0 Å². The summed E-state index contributed by atoms with van der Waals surface area (Å²) in [4.78, 5) is 4.90. The van der Waals surface area contributed by atoms with Crippen LogP contribution >= 0.6 is 0 Å². The smallest absolute Gasteiger partial charge is 0.120 e. The predicted octanol–water partition coefficient (Wildman–Crippen LogP) is 0.933. The third kappa shape index (κ3) is 3.31. The number of rotatable bonds is 3. The van der Waals surface area contributed by atoms with Crippen molar-refractivity contribution in [2.24, 2.45) is 5.73 Å². The van der Waals surface area contributed by atoms with Crippen LogP contribution in [0.4, 0.5) is 5.69 Å². The lowest BCUT2D eigenvalue weighted by molar-refractivity contribution is 0.00393. The van der Waals surface area contributed by atoms with Crippen LogP contribution in [-0.4, -0.2) is 63.5 Å². The van der Waals surface area contributed by atoms with Gasteiger partial charge >= 0.3 is 0 Å². The number of nitrogens with zero attached hydrogens (tertiary/aromatic N) is 2. The molecular formula is C16H25N3O2. The van der Waals surface area contributed by atoms with Crippen LogP contribution in [0.1, 0.15) is 6.42 Å².